The Labute approximate surface area is 172 Å². The average Bonchev–Trinajstić information content (AvgIpc) is 2.70. The van der Waals surface area contributed by atoms with Crippen molar-refractivity contribution < 1.29 is 27.1 Å². The quantitative estimate of drug-likeness (QED) is 0.587. The van der Waals surface area contributed by atoms with E-state index in [4.69, 9.17) is 0 Å². The summed E-state index contributed by atoms with van der Waals surface area (Å²) in [4.78, 5) is 12.6. The van der Waals surface area contributed by atoms with Gasteiger partial charge in [-0.2, -0.15) is 0 Å². The molecular weight excluding hydrogens is 414 g/mol. The van der Waals surface area contributed by atoms with E-state index in [0.717, 1.165) is 11.6 Å². The molecule has 3 rings (SSSR count). The molecule has 2 N–H and O–H groups in total. The molecule has 0 aromatic heterocycles. The molecule has 0 saturated heterocycles. The van der Waals surface area contributed by atoms with Gasteiger partial charge in [-0.25, -0.2) is 22.0 Å². The van der Waals surface area contributed by atoms with Gasteiger partial charge in [0.05, 0.1) is 21.8 Å². The first kappa shape index (κ1) is 21.3. The molecule has 9 heteroatoms. The van der Waals surface area contributed by atoms with Crippen molar-refractivity contribution >= 4 is 27.4 Å². The summed E-state index contributed by atoms with van der Waals surface area (Å²) in [6.45, 7) is 0.424. The van der Waals surface area contributed by atoms with Crippen LogP contribution in [0.3, 0.4) is 0 Å². The summed E-state index contributed by atoms with van der Waals surface area (Å²) in [5.74, 6) is -3.72. The number of aromatic carboxylic acids is 1. The molecule has 3 aromatic carbocycles. The molecule has 156 valence electrons. The summed E-state index contributed by atoms with van der Waals surface area (Å²) in [5.41, 5.74) is 1.24. The lowest BCUT2D eigenvalue weighted by molar-refractivity contribution is 0.0697. The highest BCUT2D eigenvalue weighted by Gasteiger charge is 2.20. The lowest BCUT2D eigenvalue weighted by atomic mass is 10.1. The first-order valence-electron chi connectivity index (χ1n) is 8.77. The number of carboxylic acid groups (broad SMARTS) is 1. The van der Waals surface area contributed by atoms with Crippen LogP contribution < -0.4 is 9.62 Å². The second-order valence-corrected chi connectivity index (χ2v) is 8.24. The molecule has 0 atom stereocenters. The van der Waals surface area contributed by atoms with Crippen molar-refractivity contribution in [1.29, 1.82) is 0 Å². The van der Waals surface area contributed by atoms with Crippen molar-refractivity contribution in [3.8, 4) is 0 Å². The molecule has 0 saturated carbocycles. The molecule has 0 heterocycles. The van der Waals surface area contributed by atoms with Gasteiger partial charge in [0, 0.05) is 13.6 Å². The number of halogens is 2. The zero-order chi connectivity index (χ0) is 21.9. The van der Waals surface area contributed by atoms with Crippen molar-refractivity contribution in [3.05, 3.63) is 89.5 Å². The number of anilines is 2. The van der Waals surface area contributed by atoms with E-state index in [1.165, 1.54) is 18.2 Å². The maximum atomic E-state index is 13.5. The molecule has 0 unspecified atom stereocenters. The van der Waals surface area contributed by atoms with Crippen molar-refractivity contribution in [3.63, 3.8) is 0 Å². The molecule has 0 aliphatic rings. The molecule has 0 fully saturated rings. The van der Waals surface area contributed by atoms with Gasteiger partial charge in [-0.3, -0.25) is 4.72 Å². The Balaban J connectivity index is 1.99. The van der Waals surface area contributed by atoms with Crippen LogP contribution in [-0.4, -0.2) is 26.5 Å². The molecule has 0 aliphatic carbocycles. The van der Waals surface area contributed by atoms with E-state index in [2.05, 4.69) is 4.72 Å². The lowest BCUT2D eigenvalue weighted by Gasteiger charge is -2.23. The van der Waals surface area contributed by atoms with Crippen LogP contribution in [0.25, 0.3) is 0 Å². The van der Waals surface area contributed by atoms with E-state index in [9.17, 15) is 27.1 Å². The van der Waals surface area contributed by atoms with Gasteiger partial charge in [0.1, 0.15) is 0 Å². The number of rotatable bonds is 7. The van der Waals surface area contributed by atoms with E-state index in [-0.39, 0.29) is 11.3 Å². The van der Waals surface area contributed by atoms with Gasteiger partial charge >= 0.3 is 5.97 Å². The minimum Gasteiger partial charge on any atom is -0.478 e. The number of hydrogen-bond donors (Lipinski definition) is 2. The van der Waals surface area contributed by atoms with Gasteiger partial charge < -0.3 is 10.0 Å². The monoisotopic (exact) mass is 432 g/mol. The average molecular weight is 432 g/mol. The third-order valence-corrected chi connectivity index (χ3v) is 5.73. The van der Waals surface area contributed by atoms with Gasteiger partial charge in [0.25, 0.3) is 10.0 Å². The lowest BCUT2D eigenvalue weighted by Crippen LogP contribution is -2.21. The largest absolute Gasteiger partial charge is 0.478 e. The first-order valence-corrected chi connectivity index (χ1v) is 10.3. The van der Waals surface area contributed by atoms with Crippen LogP contribution in [0.15, 0.2) is 71.6 Å². The van der Waals surface area contributed by atoms with Crippen LogP contribution in [0.5, 0.6) is 0 Å². The van der Waals surface area contributed by atoms with Crippen LogP contribution in [0.2, 0.25) is 0 Å². The predicted molar refractivity (Wildman–Crippen MR) is 109 cm³/mol. The molecular formula is C21H18F2N2O4S. The molecule has 30 heavy (non-hydrogen) atoms. The van der Waals surface area contributed by atoms with E-state index in [1.54, 1.807) is 11.9 Å². The zero-order valence-electron chi connectivity index (χ0n) is 15.8. The van der Waals surface area contributed by atoms with Crippen molar-refractivity contribution in [2.75, 3.05) is 16.7 Å². The molecule has 0 bridgehead atoms. The first-order chi connectivity index (χ1) is 14.2. The fraction of sp³-hybridized carbons (Fsp3) is 0.0952. The highest BCUT2D eigenvalue weighted by atomic mass is 32.2. The molecule has 3 aromatic rings. The van der Waals surface area contributed by atoms with Crippen molar-refractivity contribution in [2.45, 2.75) is 11.4 Å². The molecule has 0 aliphatic heterocycles. The van der Waals surface area contributed by atoms with Crippen LogP contribution >= 0.6 is 0 Å². The van der Waals surface area contributed by atoms with Gasteiger partial charge in [-0.1, -0.05) is 30.3 Å². The Bertz CT molecular complexity index is 1180. The number of nitrogens with one attached hydrogen (secondary N) is 1. The maximum absolute atomic E-state index is 13.5. The highest BCUT2D eigenvalue weighted by Crippen LogP contribution is 2.30. The summed E-state index contributed by atoms with van der Waals surface area (Å²) < 4.78 is 54.4. The molecule has 0 radical (unpaired) electrons. The Kier molecular flexibility index (Phi) is 6.02. The van der Waals surface area contributed by atoms with E-state index < -0.39 is 32.5 Å². The number of carbonyl (C=O) groups is 1. The van der Waals surface area contributed by atoms with Crippen LogP contribution in [0, 0.1) is 11.6 Å². The van der Waals surface area contributed by atoms with E-state index >= 15 is 0 Å². The number of carboxylic acids is 1. The second-order valence-electron chi connectivity index (χ2n) is 6.56. The van der Waals surface area contributed by atoms with Crippen LogP contribution in [0.4, 0.5) is 20.2 Å². The van der Waals surface area contributed by atoms with Crippen LogP contribution in [0.1, 0.15) is 15.9 Å². The van der Waals surface area contributed by atoms with Crippen molar-refractivity contribution in [2.24, 2.45) is 0 Å². The SMILES string of the molecule is CN(Cc1ccccc1)c1ccc(C(=O)O)cc1NS(=O)(=O)c1ccc(F)c(F)c1. The van der Waals surface area contributed by atoms with E-state index in [0.29, 0.717) is 24.4 Å². The fourth-order valence-electron chi connectivity index (χ4n) is 2.87. The van der Waals surface area contributed by atoms with Gasteiger partial charge in [0.15, 0.2) is 11.6 Å². The standard InChI is InChI=1S/C21H18F2N2O4S/c1-25(13-14-5-3-2-4-6-14)20-10-7-15(21(26)27)11-19(20)24-30(28,29)16-8-9-17(22)18(23)12-16/h2-12,24H,13H2,1H3,(H,26,27). The zero-order valence-corrected chi connectivity index (χ0v) is 16.7. The second kappa shape index (κ2) is 8.50. The van der Waals surface area contributed by atoms with E-state index in [1.807, 2.05) is 30.3 Å². The van der Waals surface area contributed by atoms with Gasteiger partial charge in [0.2, 0.25) is 0 Å². The van der Waals surface area contributed by atoms with Gasteiger partial charge in [-0.15, -0.1) is 0 Å². The topological polar surface area (TPSA) is 86.7 Å². The molecule has 0 amide bonds. The molecule has 0 spiro atoms. The summed E-state index contributed by atoms with van der Waals surface area (Å²) in [5, 5.41) is 9.27. The predicted octanol–water partition coefficient (Wildman–Crippen LogP) is 4.10. The maximum Gasteiger partial charge on any atom is 0.335 e. The highest BCUT2D eigenvalue weighted by molar-refractivity contribution is 7.92. The number of sulfonamides is 1. The Morgan fingerprint density at radius 3 is 2.33 bits per heavy atom. The number of nitrogens with zero attached hydrogens (tertiary/aromatic N) is 1. The van der Waals surface area contributed by atoms with Gasteiger partial charge in [-0.05, 0) is 42.0 Å². The Morgan fingerprint density at radius 1 is 1.00 bits per heavy atom. The third kappa shape index (κ3) is 4.74. The number of hydrogen-bond acceptors (Lipinski definition) is 4. The summed E-state index contributed by atoms with van der Waals surface area (Å²) in [6, 6.07) is 15.6. The Hall–Kier alpha value is -3.46. The Morgan fingerprint density at radius 2 is 1.70 bits per heavy atom. The van der Waals surface area contributed by atoms with Crippen molar-refractivity contribution in [1.82, 2.24) is 0 Å². The minimum absolute atomic E-state index is 0.00179. The normalized spacial score (nSPS) is 11.2. The summed E-state index contributed by atoms with van der Waals surface area (Å²) in [6.07, 6.45) is 0. The minimum atomic E-state index is -4.30. The van der Waals surface area contributed by atoms with Crippen LogP contribution in [-0.2, 0) is 16.6 Å². The smallest absolute Gasteiger partial charge is 0.335 e. The third-order valence-electron chi connectivity index (χ3n) is 4.36. The summed E-state index contributed by atoms with van der Waals surface area (Å²) >= 11 is 0. The fourth-order valence-corrected chi connectivity index (χ4v) is 3.95. The number of benzene rings is 3. The molecule has 6 nitrogen and oxygen atoms in total. The summed E-state index contributed by atoms with van der Waals surface area (Å²) in [7, 11) is -2.58.